The topological polar surface area (TPSA) is 258 Å². The molecule has 1 amide bonds. The van der Waals surface area contributed by atoms with Crippen molar-refractivity contribution in [3.05, 3.63) is 87.1 Å². The fraction of sp³-hybridized carbons (Fsp3) is 0.394. The molecule has 0 spiro atoms. The summed E-state index contributed by atoms with van der Waals surface area (Å²) in [5.41, 5.74) is 1.08. The Balaban J connectivity index is 0.000000846. The van der Waals surface area contributed by atoms with Crippen molar-refractivity contribution in [2.24, 2.45) is 0 Å². The maximum Gasteiger partial charge on any atom is 0.328 e. The largest absolute Gasteiger partial charge is 0.495 e. The van der Waals surface area contributed by atoms with E-state index in [1.807, 2.05) is 11.0 Å². The van der Waals surface area contributed by atoms with Gasteiger partial charge in [-0.2, -0.15) is 4.98 Å². The summed E-state index contributed by atoms with van der Waals surface area (Å²) in [5.74, 6) is -1.52. The molecule has 1 saturated heterocycles. The number of benzene rings is 1. The Bertz CT molecular complexity index is 1720. The highest BCUT2D eigenvalue weighted by Crippen LogP contribution is 2.27. The first kappa shape index (κ1) is 41.3. The summed E-state index contributed by atoms with van der Waals surface area (Å²) < 4.78 is 10.8. The number of nitrogens with zero attached hydrogens (tertiary/aromatic N) is 6. The van der Waals surface area contributed by atoms with Crippen LogP contribution in [-0.4, -0.2) is 92.0 Å². The molecule has 1 fully saturated rings. The second-order valence-electron chi connectivity index (χ2n) is 11.2. The van der Waals surface area contributed by atoms with E-state index in [4.69, 9.17) is 36.3 Å². The van der Waals surface area contributed by atoms with E-state index >= 15 is 0 Å². The van der Waals surface area contributed by atoms with Crippen molar-refractivity contribution in [2.75, 3.05) is 37.1 Å². The molecular formula is C33H39ClN8O11. The molecule has 2 aromatic heterocycles. The molecule has 20 heteroatoms. The van der Waals surface area contributed by atoms with Crippen LogP contribution in [0.4, 0.5) is 11.8 Å². The number of methoxy groups -OCH3 is 1. The van der Waals surface area contributed by atoms with Gasteiger partial charge in [0.25, 0.3) is 11.0 Å². The minimum Gasteiger partial charge on any atom is -0.495 e. The summed E-state index contributed by atoms with van der Waals surface area (Å²) in [5, 5.41) is 31.5. The molecule has 0 bridgehead atoms. The van der Waals surface area contributed by atoms with Crippen molar-refractivity contribution in [3.63, 3.8) is 0 Å². The van der Waals surface area contributed by atoms with E-state index < -0.39 is 22.9 Å². The fourth-order valence-electron chi connectivity index (χ4n) is 4.86. The number of rotatable bonds is 19. The summed E-state index contributed by atoms with van der Waals surface area (Å²) in [6.07, 6.45) is 9.27. The number of halogens is 1. The number of esters is 1. The van der Waals surface area contributed by atoms with Crippen molar-refractivity contribution < 1.29 is 48.8 Å². The van der Waals surface area contributed by atoms with Gasteiger partial charge in [-0.05, 0) is 49.4 Å². The van der Waals surface area contributed by atoms with Gasteiger partial charge in [0, 0.05) is 50.3 Å². The van der Waals surface area contributed by atoms with Gasteiger partial charge >= 0.3 is 17.9 Å². The minimum atomic E-state index is -1.26. The maximum atomic E-state index is 13.2. The Kier molecular flexibility index (Phi) is 17.1. The van der Waals surface area contributed by atoms with Crippen LogP contribution >= 0.6 is 11.6 Å². The molecule has 1 aliphatic heterocycles. The summed E-state index contributed by atoms with van der Waals surface area (Å²) in [6, 6.07) is 6.95. The normalized spacial score (nSPS) is 13.4. The van der Waals surface area contributed by atoms with Gasteiger partial charge in [0.1, 0.15) is 29.6 Å². The summed E-state index contributed by atoms with van der Waals surface area (Å²) in [4.78, 5) is 78.6. The number of carbonyl (C=O) groups is 4. The standard InChI is InChI=1S/C29H35ClN8O7.C4H4O4/c1-43-24-10-9-20(15-23(24)30)16-33-27-22(28(40)34-18-25-31-11-6-12-32-25)17-35-29(36-27)37-13-5-7-21(37)19-44-26(39)8-3-2-4-14-45-38(41)42;5-3(6)1-2-4(7)8/h6,9-12,15,17,21H,2-5,7-8,13-14,16,18-19H2,1H3,(H,34,40)(H,33,35,36);1-2H,(H,5,6)(H,7,8)/b;2-1-/t21-;/m0./s1. The number of hydrogen-bond donors (Lipinski definition) is 4. The highest BCUT2D eigenvalue weighted by Gasteiger charge is 2.29. The van der Waals surface area contributed by atoms with Gasteiger partial charge in [0.05, 0.1) is 31.3 Å². The first-order valence-electron chi connectivity index (χ1n) is 16.3. The van der Waals surface area contributed by atoms with E-state index in [0.717, 1.165) is 18.4 Å². The second-order valence-corrected chi connectivity index (χ2v) is 11.6. The molecule has 0 saturated carbocycles. The van der Waals surface area contributed by atoms with Crippen molar-refractivity contribution >= 4 is 47.2 Å². The highest BCUT2D eigenvalue weighted by atomic mass is 35.5. The van der Waals surface area contributed by atoms with Gasteiger partial charge < -0.3 is 40.1 Å². The average molecular weight is 759 g/mol. The number of carbonyl (C=O) groups excluding carboxylic acids is 2. The smallest absolute Gasteiger partial charge is 0.328 e. The van der Waals surface area contributed by atoms with Crippen LogP contribution in [0.1, 0.15) is 60.3 Å². The van der Waals surface area contributed by atoms with Crippen molar-refractivity contribution in [1.82, 2.24) is 25.3 Å². The molecule has 1 aromatic carbocycles. The zero-order valence-corrected chi connectivity index (χ0v) is 29.4. The zero-order chi connectivity index (χ0) is 38.6. The van der Waals surface area contributed by atoms with Crippen molar-refractivity contribution in [3.8, 4) is 5.75 Å². The third kappa shape index (κ3) is 15.0. The SMILES string of the molecule is COc1ccc(CNc2nc(N3CCC[C@H]3COC(=O)CCCCCO[N+](=O)[O-])ncc2C(=O)NCc2ncccn2)cc1Cl.O=C(O)/C=C\C(=O)O. The third-order valence-corrected chi connectivity index (χ3v) is 7.68. The predicted octanol–water partition coefficient (Wildman–Crippen LogP) is 3.46. The van der Waals surface area contributed by atoms with Crippen LogP contribution in [0.15, 0.2) is 55.0 Å². The van der Waals surface area contributed by atoms with Crippen molar-refractivity contribution in [2.45, 2.75) is 57.7 Å². The Morgan fingerprint density at radius 1 is 1.08 bits per heavy atom. The molecule has 4 N–H and O–H groups in total. The summed E-state index contributed by atoms with van der Waals surface area (Å²) in [6.45, 7) is 1.27. The lowest BCUT2D eigenvalue weighted by Crippen LogP contribution is -2.35. The van der Waals surface area contributed by atoms with Crippen LogP contribution in [0.2, 0.25) is 5.02 Å². The highest BCUT2D eigenvalue weighted by molar-refractivity contribution is 6.32. The summed E-state index contributed by atoms with van der Waals surface area (Å²) >= 11 is 6.31. The number of aliphatic carboxylic acids is 2. The Labute approximate surface area is 308 Å². The molecule has 0 unspecified atom stereocenters. The first-order chi connectivity index (χ1) is 25.5. The van der Waals surface area contributed by atoms with Crippen LogP contribution in [0, 0.1) is 10.1 Å². The monoisotopic (exact) mass is 758 g/mol. The average Bonchev–Trinajstić information content (AvgIpc) is 3.62. The first-order valence-corrected chi connectivity index (χ1v) is 16.7. The number of ether oxygens (including phenoxy) is 2. The molecule has 4 rings (SSSR count). The van der Waals surface area contributed by atoms with Gasteiger partial charge in [-0.3, -0.25) is 9.59 Å². The van der Waals surface area contributed by atoms with Crippen LogP contribution in [-0.2, 0) is 37.0 Å². The molecule has 0 radical (unpaired) electrons. The predicted molar refractivity (Wildman–Crippen MR) is 188 cm³/mol. The lowest BCUT2D eigenvalue weighted by atomic mass is 10.2. The number of carboxylic acids is 2. The van der Waals surface area contributed by atoms with Gasteiger partial charge in [-0.25, -0.2) is 24.5 Å². The van der Waals surface area contributed by atoms with E-state index in [9.17, 15) is 29.3 Å². The number of anilines is 2. The molecule has 53 heavy (non-hydrogen) atoms. The Morgan fingerprint density at radius 3 is 2.47 bits per heavy atom. The lowest BCUT2D eigenvalue weighted by Gasteiger charge is -2.25. The van der Waals surface area contributed by atoms with E-state index in [2.05, 4.69) is 30.4 Å². The number of unbranched alkanes of at least 4 members (excludes halogenated alkanes) is 2. The molecule has 284 valence electrons. The van der Waals surface area contributed by atoms with E-state index in [1.54, 1.807) is 37.7 Å². The third-order valence-electron chi connectivity index (χ3n) is 7.38. The minimum absolute atomic E-state index is 0.00562. The van der Waals surface area contributed by atoms with Crippen LogP contribution in [0.25, 0.3) is 0 Å². The number of nitrogens with one attached hydrogen (secondary N) is 2. The molecular weight excluding hydrogens is 720 g/mol. The molecule has 1 aliphatic rings. The van der Waals surface area contributed by atoms with E-state index in [-0.39, 0.29) is 43.8 Å². The van der Waals surface area contributed by atoms with Gasteiger partial charge in [0.15, 0.2) is 0 Å². The van der Waals surface area contributed by atoms with Gasteiger partial charge in [-0.15, -0.1) is 10.1 Å². The Morgan fingerprint density at radius 2 is 1.81 bits per heavy atom. The molecule has 3 aromatic rings. The fourth-order valence-corrected chi connectivity index (χ4v) is 5.14. The quantitative estimate of drug-likeness (QED) is 0.0448. The second kappa shape index (κ2) is 22.0. The van der Waals surface area contributed by atoms with Gasteiger partial charge in [-0.1, -0.05) is 24.1 Å². The lowest BCUT2D eigenvalue weighted by molar-refractivity contribution is -0.757. The number of hydrogen-bond acceptors (Lipinski definition) is 15. The van der Waals surface area contributed by atoms with E-state index in [0.29, 0.717) is 72.9 Å². The van der Waals surface area contributed by atoms with Gasteiger partial charge in [0.2, 0.25) is 5.95 Å². The van der Waals surface area contributed by atoms with Crippen LogP contribution in [0.5, 0.6) is 5.75 Å². The van der Waals surface area contributed by atoms with Crippen LogP contribution in [0.3, 0.4) is 0 Å². The molecule has 0 aliphatic carbocycles. The van der Waals surface area contributed by atoms with E-state index in [1.165, 1.54) is 6.20 Å². The molecule has 3 heterocycles. The van der Waals surface area contributed by atoms with Crippen molar-refractivity contribution in [1.29, 1.82) is 0 Å². The number of amides is 1. The maximum absolute atomic E-state index is 13.2. The van der Waals surface area contributed by atoms with Crippen LogP contribution < -0.4 is 20.3 Å². The number of aromatic nitrogens is 4. The molecule has 19 nitrogen and oxygen atoms in total. The zero-order valence-electron chi connectivity index (χ0n) is 28.7. The summed E-state index contributed by atoms with van der Waals surface area (Å²) in [7, 11) is 1.54. The molecule has 1 atom stereocenters. The Hall–Kier alpha value is -6.11. The number of carboxylic acid groups (broad SMARTS) is 2.